The topological polar surface area (TPSA) is 0 Å². The molecule has 0 N–H and O–H groups in total. The van der Waals surface area contributed by atoms with E-state index in [1.807, 2.05) is 0 Å². The van der Waals surface area contributed by atoms with Gasteiger partial charge in [0.1, 0.15) is 0 Å². The lowest BCUT2D eigenvalue weighted by Crippen LogP contribution is -2.21. The fourth-order valence-electron chi connectivity index (χ4n) is 1.21. The van der Waals surface area contributed by atoms with Crippen LogP contribution in [0.15, 0.2) is 0 Å². The van der Waals surface area contributed by atoms with Gasteiger partial charge in [0.25, 0.3) is 0 Å². The van der Waals surface area contributed by atoms with Gasteiger partial charge in [0.2, 0.25) is 0 Å². The maximum atomic E-state index is 6.01. The van der Waals surface area contributed by atoms with Gasteiger partial charge in [0.05, 0.1) is 0 Å². The van der Waals surface area contributed by atoms with Crippen molar-refractivity contribution in [2.75, 3.05) is 0 Å². The lowest BCUT2D eigenvalue weighted by atomic mass is 9.99. The van der Waals surface area contributed by atoms with Crippen molar-refractivity contribution in [3.8, 4) is 0 Å². The molecule has 0 fully saturated rings. The van der Waals surface area contributed by atoms with Crippen LogP contribution in [0.1, 0.15) is 40.0 Å². The second-order valence-corrected chi connectivity index (χ2v) is 7.84. The Balaban J connectivity index is 4.15. The van der Waals surface area contributed by atoms with Gasteiger partial charge in [-0.05, 0) is 4.28 Å². The molecule has 0 aromatic rings. The summed E-state index contributed by atoms with van der Waals surface area (Å²) in [5, 5.41) is 0. The Bertz CT molecular complexity index is 81.3. The van der Waals surface area contributed by atoms with Gasteiger partial charge in [0.15, 0.2) is 0 Å². The van der Waals surface area contributed by atoms with Crippen LogP contribution in [0.4, 0.5) is 0 Å². The third-order valence-electron chi connectivity index (χ3n) is 2.58. The highest BCUT2D eigenvalue weighted by molar-refractivity contribution is 7.35. The number of hydrogen-bond acceptors (Lipinski definition) is 0. The van der Waals surface area contributed by atoms with Gasteiger partial charge >= 0.3 is 12.3 Å². The van der Waals surface area contributed by atoms with Crippen molar-refractivity contribution < 1.29 is 0 Å². The first-order chi connectivity index (χ1) is 4.63. The lowest BCUT2D eigenvalue weighted by molar-refractivity contribution is 0.499. The Kier molecular flexibility index (Phi) is 5.43. The van der Waals surface area contributed by atoms with Crippen molar-refractivity contribution in [3.63, 3.8) is 0 Å². The molecule has 0 aliphatic rings. The largest absolute Gasteiger partial charge is 0.525 e. The molecule has 0 aliphatic heterocycles. The van der Waals surface area contributed by atoms with E-state index in [4.69, 9.17) is 20.1 Å². The van der Waals surface area contributed by atoms with Crippen molar-refractivity contribution in [2.24, 2.45) is 0 Å². The molecule has 0 aromatic carbocycles. The summed E-state index contributed by atoms with van der Waals surface area (Å²) in [6.07, 6.45) is 3.39. The summed E-state index contributed by atoms with van der Waals surface area (Å²) in [6, 6.07) is 0. The highest BCUT2D eigenvalue weighted by Gasteiger charge is 2.37. The van der Waals surface area contributed by atoms with E-state index in [0.717, 1.165) is 19.3 Å². The molecule has 0 saturated heterocycles. The normalized spacial score (nSPS) is 11.7. The highest BCUT2D eigenvalue weighted by Crippen LogP contribution is 2.44. The molecule has 0 rings (SSSR count). The van der Waals surface area contributed by atoms with E-state index < -0.39 is 12.3 Å². The molecule has 0 amide bonds. The van der Waals surface area contributed by atoms with Gasteiger partial charge < -0.3 is 0 Å². The van der Waals surface area contributed by atoms with Crippen LogP contribution in [0.2, 0.25) is 4.28 Å². The Hall–Kier alpha value is 1.11. The smallest absolute Gasteiger partial charge is 0.233 e. The zero-order valence-electron chi connectivity index (χ0n) is 6.95. The van der Waals surface area contributed by atoms with E-state index in [-0.39, 0.29) is 0 Å². The molecule has 3 heteroatoms. The van der Waals surface area contributed by atoms with E-state index in [1.54, 1.807) is 0 Å². The average molecular weight is 197 g/mol. The molecule has 60 valence electrons. The maximum Gasteiger partial charge on any atom is 0.525 e. The second-order valence-electron chi connectivity index (χ2n) is 2.72. The predicted molar refractivity (Wildman–Crippen MR) is 51.0 cm³/mol. The fourth-order valence-corrected chi connectivity index (χ4v) is 4.92. The zero-order valence-corrected chi connectivity index (χ0v) is 9.62. The molecule has 0 unspecified atom stereocenters. The SMILES string of the molecule is CC[C](CC)(CC)[Al]([Cl])[Cl]. The summed E-state index contributed by atoms with van der Waals surface area (Å²) in [4.78, 5) is 0. The van der Waals surface area contributed by atoms with Crippen molar-refractivity contribution in [1.82, 2.24) is 0 Å². The van der Waals surface area contributed by atoms with Gasteiger partial charge in [-0.3, -0.25) is 0 Å². The average Bonchev–Trinajstić information content (AvgIpc) is 1.92. The first-order valence-electron chi connectivity index (χ1n) is 3.91. The summed E-state index contributed by atoms with van der Waals surface area (Å²) in [7, 11) is 12.0. The Labute approximate surface area is 76.7 Å². The highest BCUT2D eigenvalue weighted by atomic mass is 35.7. The maximum absolute atomic E-state index is 6.01. The molecular weight excluding hydrogens is 182 g/mol. The van der Waals surface area contributed by atoms with Crippen molar-refractivity contribution in [1.29, 1.82) is 0 Å². The van der Waals surface area contributed by atoms with Crippen LogP contribution in [-0.4, -0.2) is 12.3 Å². The third-order valence-corrected chi connectivity index (χ3v) is 7.50. The Morgan fingerprint density at radius 3 is 1.30 bits per heavy atom. The molecule has 0 bridgehead atoms. The van der Waals surface area contributed by atoms with Crippen molar-refractivity contribution in [2.45, 2.75) is 44.3 Å². The molecule has 0 aromatic heterocycles. The van der Waals surface area contributed by atoms with Crippen LogP contribution in [-0.2, 0) is 0 Å². The molecule has 10 heavy (non-hydrogen) atoms. The molecule has 0 spiro atoms. The van der Waals surface area contributed by atoms with E-state index in [1.165, 1.54) is 0 Å². The van der Waals surface area contributed by atoms with Crippen LogP contribution in [0.3, 0.4) is 0 Å². The van der Waals surface area contributed by atoms with E-state index >= 15 is 0 Å². The van der Waals surface area contributed by atoms with Gasteiger partial charge in [0, 0.05) is 0 Å². The zero-order chi connectivity index (χ0) is 8.20. The molecule has 0 heterocycles. The lowest BCUT2D eigenvalue weighted by Gasteiger charge is -2.28. The van der Waals surface area contributed by atoms with Crippen molar-refractivity contribution in [3.05, 3.63) is 0 Å². The molecule has 0 saturated carbocycles. The van der Waals surface area contributed by atoms with E-state index in [0.29, 0.717) is 4.28 Å². The van der Waals surface area contributed by atoms with Crippen LogP contribution in [0.5, 0.6) is 0 Å². The Morgan fingerprint density at radius 1 is 1.00 bits per heavy atom. The minimum Gasteiger partial charge on any atom is -0.233 e. The first kappa shape index (κ1) is 11.1. The number of halogens is 2. The summed E-state index contributed by atoms with van der Waals surface area (Å²) < 4.78 is 0.295. The fraction of sp³-hybridized carbons (Fsp3) is 1.00. The molecule has 0 atom stereocenters. The Morgan fingerprint density at radius 2 is 1.30 bits per heavy atom. The van der Waals surface area contributed by atoms with Gasteiger partial charge in [-0.15, -0.1) is 0 Å². The monoisotopic (exact) mass is 196 g/mol. The quantitative estimate of drug-likeness (QED) is 0.599. The predicted octanol–water partition coefficient (Wildman–Crippen LogP) is 3.92. The molecule has 0 aliphatic carbocycles. The molecule has 0 radical (unpaired) electrons. The van der Waals surface area contributed by atoms with Crippen LogP contribution in [0, 0.1) is 0 Å². The van der Waals surface area contributed by atoms with Crippen LogP contribution >= 0.6 is 20.1 Å². The van der Waals surface area contributed by atoms with Crippen molar-refractivity contribution >= 4 is 32.4 Å². The minimum absolute atomic E-state index is 0.295. The first-order valence-corrected chi connectivity index (χ1v) is 7.98. The van der Waals surface area contributed by atoms with Gasteiger partial charge in [-0.25, -0.2) is 20.1 Å². The van der Waals surface area contributed by atoms with E-state index in [2.05, 4.69) is 20.8 Å². The summed E-state index contributed by atoms with van der Waals surface area (Å²) in [5.74, 6) is 0. The molecular formula is C7H15AlCl2. The summed E-state index contributed by atoms with van der Waals surface area (Å²) >= 11 is -1.48. The van der Waals surface area contributed by atoms with Crippen LogP contribution < -0.4 is 0 Å². The minimum atomic E-state index is -1.48. The number of rotatable bonds is 4. The standard InChI is InChI=1S/C7H15.Al.2ClH/c1-4-7(5-2)6-3;;;/h4-6H2,1-3H3;;2*1H/q;+2;;/p-2. The van der Waals surface area contributed by atoms with Crippen LogP contribution in [0.25, 0.3) is 0 Å². The second kappa shape index (κ2) is 4.88. The summed E-state index contributed by atoms with van der Waals surface area (Å²) in [5.41, 5.74) is 0. The molecule has 0 nitrogen and oxygen atoms in total. The third kappa shape index (κ3) is 2.31. The van der Waals surface area contributed by atoms with E-state index in [9.17, 15) is 0 Å². The number of hydrogen-bond donors (Lipinski definition) is 0. The van der Waals surface area contributed by atoms with Gasteiger partial charge in [-0.2, -0.15) is 0 Å². The summed E-state index contributed by atoms with van der Waals surface area (Å²) in [6.45, 7) is 6.54. The van der Waals surface area contributed by atoms with Gasteiger partial charge in [-0.1, -0.05) is 40.0 Å².